The number of rotatable bonds is 4. The normalized spacial score (nSPS) is 16.5. The highest BCUT2D eigenvalue weighted by Crippen LogP contribution is 2.18. The number of quaternary nitrogens is 1. The monoisotopic (exact) mass is 322 g/mol. The number of morpholine rings is 1. The van der Waals surface area contributed by atoms with Gasteiger partial charge < -0.3 is 24.2 Å². The zero-order chi connectivity index (χ0) is 16.9. The zero-order valence-electron chi connectivity index (χ0n) is 13.9. The Hall–Kier alpha value is -2.12. The molecule has 23 heavy (non-hydrogen) atoms. The molecule has 0 atom stereocenters. The van der Waals surface area contributed by atoms with Crippen LogP contribution in [0.25, 0.3) is 0 Å². The first-order valence-electron chi connectivity index (χ1n) is 7.58. The summed E-state index contributed by atoms with van der Waals surface area (Å²) in [5, 5.41) is 2.86. The summed E-state index contributed by atoms with van der Waals surface area (Å²) in [5.74, 6) is 0.332. The zero-order valence-corrected chi connectivity index (χ0v) is 13.9. The van der Waals surface area contributed by atoms with Crippen LogP contribution in [0.3, 0.4) is 0 Å². The summed E-state index contributed by atoms with van der Waals surface area (Å²) in [6.07, 6.45) is -0.458. The van der Waals surface area contributed by atoms with E-state index in [9.17, 15) is 9.59 Å². The second-order valence-corrected chi connectivity index (χ2v) is 6.18. The lowest BCUT2D eigenvalue weighted by Gasteiger charge is -2.36. The van der Waals surface area contributed by atoms with Gasteiger partial charge in [-0.15, -0.1) is 0 Å². The second kappa shape index (κ2) is 7.43. The summed E-state index contributed by atoms with van der Waals surface area (Å²) in [6, 6.07) is 6.81. The van der Waals surface area contributed by atoms with Crippen molar-refractivity contribution in [2.24, 2.45) is 0 Å². The quantitative estimate of drug-likeness (QED) is 0.845. The third-order valence-electron chi connectivity index (χ3n) is 3.76. The van der Waals surface area contributed by atoms with E-state index in [1.807, 2.05) is 0 Å². The highest BCUT2D eigenvalue weighted by Gasteiger charge is 2.28. The van der Waals surface area contributed by atoms with Crippen LogP contribution in [0.2, 0.25) is 0 Å². The van der Waals surface area contributed by atoms with E-state index < -0.39 is 6.09 Å². The molecule has 2 rings (SSSR count). The molecule has 1 aliphatic heterocycles. The summed E-state index contributed by atoms with van der Waals surface area (Å²) in [4.78, 5) is 25.1. The Kier molecular flexibility index (Phi) is 5.57. The Morgan fingerprint density at radius 3 is 2.65 bits per heavy atom. The smallest absolute Gasteiger partial charge is 0.410 e. The molecule has 1 heterocycles. The molecule has 1 saturated heterocycles. The number of carbonyl (C=O) groups excluding carboxylic acids is 2. The van der Waals surface area contributed by atoms with E-state index >= 15 is 0 Å². The molecule has 2 amide bonds. The van der Waals surface area contributed by atoms with Crippen LogP contribution < -0.4 is 10.1 Å². The fourth-order valence-corrected chi connectivity index (χ4v) is 2.32. The Morgan fingerprint density at radius 1 is 1.30 bits per heavy atom. The topological polar surface area (TPSA) is 67.9 Å². The molecule has 1 fully saturated rings. The van der Waals surface area contributed by atoms with Crippen molar-refractivity contribution >= 4 is 17.7 Å². The minimum absolute atomic E-state index is 0.0644. The Balaban J connectivity index is 1.94. The van der Waals surface area contributed by atoms with Crippen LogP contribution in [-0.4, -0.2) is 75.4 Å². The lowest BCUT2D eigenvalue weighted by molar-refractivity contribution is -0.909. The molecule has 1 aliphatic rings. The second-order valence-electron chi connectivity index (χ2n) is 6.18. The van der Waals surface area contributed by atoms with E-state index in [2.05, 4.69) is 12.4 Å². The molecule has 7 heteroatoms. The molecule has 0 unspecified atom stereocenters. The van der Waals surface area contributed by atoms with E-state index in [0.717, 1.165) is 13.1 Å². The number of hydrogen-bond donors (Lipinski definition) is 1. The van der Waals surface area contributed by atoms with Gasteiger partial charge in [-0.1, -0.05) is 6.07 Å². The number of nitrogens with one attached hydrogen (secondary N) is 1. The lowest BCUT2D eigenvalue weighted by Crippen LogP contribution is -2.55. The number of ether oxygens (including phenoxy) is 2. The highest BCUT2D eigenvalue weighted by molar-refractivity contribution is 5.91. The molecular formula is C16H24N3O4+. The lowest BCUT2D eigenvalue weighted by atomic mass is 10.3. The molecule has 1 N–H and O–H groups in total. The Morgan fingerprint density at radius 2 is 2.00 bits per heavy atom. The van der Waals surface area contributed by atoms with E-state index in [0.29, 0.717) is 35.7 Å². The maximum atomic E-state index is 12.2. The fraction of sp³-hybridized carbons (Fsp3) is 0.500. The number of amides is 2. The number of benzene rings is 1. The molecule has 0 aromatic heterocycles. The first-order chi connectivity index (χ1) is 10.9. The van der Waals surface area contributed by atoms with Crippen LogP contribution >= 0.6 is 0 Å². The Labute approximate surface area is 136 Å². The average molecular weight is 322 g/mol. The molecule has 0 saturated carbocycles. The number of anilines is 1. The summed E-state index contributed by atoms with van der Waals surface area (Å²) in [6.45, 7) is 3.41. The first kappa shape index (κ1) is 17.2. The van der Waals surface area contributed by atoms with Crippen LogP contribution in [0.5, 0.6) is 5.75 Å². The van der Waals surface area contributed by atoms with Gasteiger partial charge >= 0.3 is 6.09 Å². The summed E-state index contributed by atoms with van der Waals surface area (Å²) < 4.78 is 11.2. The molecular weight excluding hydrogens is 298 g/mol. The number of hydrogen-bond acceptors (Lipinski definition) is 4. The van der Waals surface area contributed by atoms with Gasteiger partial charge in [0, 0.05) is 25.8 Å². The molecule has 0 aliphatic carbocycles. The predicted octanol–water partition coefficient (Wildman–Crippen LogP) is 1.16. The molecule has 1 aromatic carbocycles. The van der Waals surface area contributed by atoms with E-state index in [-0.39, 0.29) is 5.91 Å². The van der Waals surface area contributed by atoms with Crippen LogP contribution in [0.1, 0.15) is 0 Å². The molecule has 7 nitrogen and oxygen atoms in total. The van der Waals surface area contributed by atoms with E-state index in [1.54, 1.807) is 38.4 Å². The van der Waals surface area contributed by atoms with Gasteiger partial charge in [-0.2, -0.15) is 0 Å². The van der Waals surface area contributed by atoms with Crippen LogP contribution in [0.4, 0.5) is 10.5 Å². The van der Waals surface area contributed by atoms with Crippen molar-refractivity contribution in [3.05, 3.63) is 24.3 Å². The van der Waals surface area contributed by atoms with Gasteiger partial charge in [0.05, 0.1) is 20.3 Å². The molecule has 0 bridgehead atoms. The van der Waals surface area contributed by atoms with Gasteiger partial charge in [-0.3, -0.25) is 4.79 Å². The van der Waals surface area contributed by atoms with Crippen molar-refractivity contribution in [2.75, 3.05) is 59.3 Å². The first-order valence-corrected chi connectivity index (χ1v) is 7.58. The number of likely N-dealkylation sites (N-methyl/N-ethyl adjacent to an activating group) is 1. The summed E-state index contributed by atoms with van der Waals surface area (Å²) in [5.41, 5.74) is 0.610. The molecule has 126 valence electrons. The van der Waals surface area contributed by atoms with Crippen LogP contribution in [-0.2, 0) is 9.53 Å². The van der Waals surface area contributed by atoms with E-state index in [1.165, 1.54) is 4.90 Å². The number of carbonyl (C=O) groups is 2. The van der Waals surface area contributed by atoms with Gasteiger partial charge in [-0.25, -0.2) is 4.79 Å². The molecule has 1 aromatic rings. The maximum absolute atomic E-state index is 12.2. The van der Waals surface area contributed by atoms with Gasteiger partial charge in [0.2, 0.25) is 0 Å². The van der Waals surface area contributed by atoms with Gasteiger partial charge in [-0.05, 0) is 12.1 Å². The minimum atomic E-state index is -0.458. The van der Waals surface area contributed by atoms with Crippen molar-refractivity contribution in [1.82, 2.24) is 4.90 Å². The summed E-state index contributed by atoms with van der Waals surface area (Å²) >= 11 is 0. The minimum Gasteiger partial charge on any atom is -0.410 e. The van der Waals surface area contributed by atoms with Crippen molar-refractivity contribution in [3.8, 4) is 5.75 Å². The van der Waals surface area contributed by atoms with Crippen molar-refractivity contribution in [3.63, 3.8) is 0 Å². The molecule has 0 spiro atoms. The molecule has 0 radical (unpaired) electrons. The Bertz CT molecular complexity index is 568. The third-order valence-corrected chi connectivity index (χ3v) is 3.76. The largest absolute Gasteiger partial charge is 0.414 e. The predicted molar refractivity (Wildman–Crippen MR) is 86.4 cm³/mol. The highest BCUT2D eigenvalue weighted by atomic mass is 16.6. The van der Waals surface area contributed by atoms with Crippen molar-refractivity contribution in [1.29, 1.82) is 0 Å². The standard InChI is InChI=1S/C16H23N3O4/c1-18(2)16(21)23-14-6-4-5-13(11-14)17-15(20)12-19(3)7-9-22-10-8-19/h4-6,11H,7-10,12H2,1-3H3/p+1. The van der Waals surface area contributed by atoms with Gasteiger partial charge in [0.15, 0.2) is 6.54 Å². The van der Waals surface area contributed by atoms with E-state index in [4.69, 9.17) is 9.47 Å². The van der Waals surface area contributed by atoms with Crippen molar-refractivity contribution in [2.45, 2.75) is 0 Å². The number of nitrogens with zero attached hydrogens (tertiary/aromatic N) is 2. The SMILES string of the molecule is CN(C)C(=O)Oc1cccc(NC(=O)C[N+]2(C)CCOCC2)c1. The van der Waals surface area contributed by atoms with Crippen LogP contribution in [0, 0.1) is 0 Å². The maximum Gasteiger partial charge on any atom is 0.414 e. The average Bonchev–Trinajstić information content (AvgIpc) is 2.47. The third kappa shape index (κ3) is 5.22. The van der Waals surface area contributed by atoms with Crippen LogP contribution in [0.15, 0.2) is 24.3 Å². The van der Waals surface area contributed by atoms with Crippen molar-refractivity contribution < 1.29 is 23.5 Å². The fourth-order valence-electron chi connectivity index (χ4n) is 2.32. The summed E-state index contributed by atoms with van der Waals surface area (Å²) in [7, 11) is 5.28. The van der Waals surface area contributed by atoms with Gasteiger partial charge in [0.25, 0.3) is 5.91 Å². The van der Waals surface area contributed by atoms with Gasteiger partial charge in [0.1, 0.15) is 18.8 Å².